The van der Waals surface area contributed by atoms with E-state index in [1.165, 1.54) is 30.3 Å². The fraction of sp³-hybridized carbons (Fsp3) is 0.174. The molecule has 0 saturated carbocycles. The van der Waals surface area contributed by atoms with Gasteiger partial charge in [-0.3, -0.25) is 5.32 Å². The molecule has 1 aliphatic rings. The zero-order chi connectivity index (χ0) is 22.1. The van der Waals surface area contributed by atoms with Gasteiger partial charge in [-0.25, -0.2) is 22.3 Å². The fourth-order valence-electron chi connectivity index (χ4n) is 3.60. The zero-order valence-electron chi connectivity index (χ0n) is 16.8. The first-order chi connectivity index (χ1) is 14.8. The van der Waals surface area contributed by atoms with E-state index in [1.54, 1.807) is 42.5 Å². The van der Waals surface area contributed by atoms with Crippen LogP contribution in [0.5, 0.6) is 0 Å². The number of halogens is 1. The lowest BCUT2D eigenvalue weighted by atomic mass is 9.92. The molecule has 1 heterocycles. The van der Waals surface area contributed by atoms with Crippen molar-refractivity contribution < 1.29 is 22.3 Å². The summed E-state index contributed by atoms with van der Waals surface area (Å²) in [7, 11) is -3.69. The number of rotatable bonds is 7. The summed E-state index contributed by atoms with van der Waals surface area (Å²) in [5.41, 5.74) is 0.878. The molecule has 0 fully saturated rings. The van der Waals surface area contributed by atoms with E-state index in [0.717, 1.165) is 5.56 Å². The van der Waals surface area contributed by atoms with Crippen LogP contribution < -0.4 is 10.0 Å². The largest absolute Gasteiger partial charge is 0.431 e. The molecule has 0 spiro atoms. The van der Waals surface area contributed by atoms with Gasteiger partial charge in [0.05, 0.1) is 10.5 Å². The molecule has 3 aromatic rings. The molecule has 6 nitrogen and oxygen atoms in total. The van der Waals surface area contributed by atoms with Gasteiger partial charge < -0.3 is 4.74 Å². The van der Waals surface area contributed by atoms with E-state index >= 15 is 0 Å². The maximum absolute atomic E-state index is 14.0. The minimum Gasteiger partial charge on any atom is -0.431 e. The van der Waals surface area contributed by atoms with Gasteiger partial charge in [0.1, 0.15) is 5.82 Å². The third-order valence-corrected chi connectivity index (χ3v) is 6.60. The second kappa shape index (κ2) is 8.22. The Bertz CT molecular complexity index is 1230. The average Bonchev–Trinajstić information content (AvgIpc) is 3.05. The molecular weight excluding hydrogens is 419 g/mol. The number of aryl methyl sites for hydroxylation is 1. The standard InChI is InChI=1S/C23H21FN2O4S/c1-16-9-11-19(12-10-16)31(28,29)26-14-13-25-23(17-5-4-6-18(24)15-17)21-8-3-2-7-20(21)22(27)30-23/h2-12,15,25-26H,13-14H2,1H3. The van der Waals surface area contributed by atoms with E-state index in [9.17, 15) is 17.6 Å². The lowest BCUT2D eigenvalue weighted by Gasteiger charge is -2.30. The van der Waals surface area contributed by atoms with Gasteiger partial charge in [-0.05, 0) is 37.3 Å². The van der Waals surface area contributed by atoms with Crippen molar-refractivity contribution in [3.8, 4) is 0 Å². The van der Waals surface area contributed by atoms with Crippen molar-refractivity contribution in [3.63, 3.8) is 0 Å². The van der Waals surface area contributed by atoms with Crippen LogP contribution in [0.25, 0.3) is 0 Å². The smallest absolute Gasteiger partial charge is 0.340 e. The van der Waals surface area contributed by atoms with Crippen LogP contribution in [0.3, 0.4) is 0 Å². The van der Waals surface area contributed by atoms with Crippen molar-refractivity contribution in [2.75, 3.05) is 13.1 Å². The van der Waals surface area contributed by atoms with Gasteiger partial charge >= 0.3 is 5.97 Å². The minimum absolute atomic E-state index is 0.0347. The fourth-order valence-corrected chi connectivity index (χ4v) is 4.63. The first kappa shape index (κ1) is 21.2. The zero-order valence-corrected chi connectivity index (χ0v) is 17.6. The number of carbonyl (C=O) groups is 1. The van der Waals surface area contributed by atoms with Crippen LogP contribution in [0.15, 0.2) is 77.7 Å². The summed E-state index contributed by atoms with van der Waals surface area (Å²) in [4.78, 5) is 12.6. The monoisotopic (exact) mass is 440 g/mol. The van der Waals surface area contributed by atoms with Crippen molar-refractivity contribution >= 4 is 16.0 Å². The summed E-state index contributed by atoms with van der Waals surface area (Å²) < 4.78 is 47.2. The third-order valence-electron chi connectivity index (χ3n) is 5.13. The molecule has 31 heavy (non-hydrogen) atoms. The molecule has 0 amide bonds. The van der Waals surface area contributed by atoms with Gasteiger partial charge in [0.15, 0.2) is 0 Å². The number of carbonyl (C=O) groups excluding carboxylic acids is 1. The Morgan fingerprint density at radius 3 is 2.45 bits per heavy atom. The SMILES string of the molecule is Cc1ccc(S(=O)(=O)NCCNC2(c3cccc(F)c3)OC(=O)c3ccccc32)cc1. The van der Waals surface area contributed by atoms with E-state index in [2.05, 4.69) is 10.0 Å². The molecule has 0 bridgehead atoms. The van der Waals surface area contributed by atoms with E-state index < -0.39 is 27.5 Å². The van der Waals surface area contributed by atoms with Gasteiger partial charge in [0.25, 0.3) is 0 Å². The highest BCUT2D eigenvalue weighted by Crippen LogP contribution is 2.39. The summed E-state index contributed by atoms with van der Waals surface area (Å²) in [5.74, 6) is -1.01. The second-order valence-electron chi connectivity index (χ2n) is 7.26. The molecule has 8 heteroatoms. The Kier molecular flexibility index (Phi) is 5.62. The number of fused-ring (bicyclic) bond motifs is 1. The minimum atomic E-state index is -3.69. The molecule has 0 saturated heterocycles. The molecule has 1 unspecified atom stereocenters. The predicted octanol–water partition coefficient (Wildman–Crippen LogP) is 3.07. The number of ether oxygens (including phenoxy) is 1. The number of nitrogens with one attached hydrogen (secondary N) is 2. The van der Waals surface area contributed by atoms with Crippen LogP contribution in [0, 0.1) is 12.7 Å². The Morgan fingerprint density at radius 2 is 1.71 bits per heavy atom. The Morgan fingerprint density at radius 1 is 0.968 bits per heavy atom. The lowest BCUT2D eigenvalue weighted by Crippen LogP contribution is -2.47. The molecule has 4 rings (SSSR count). The van der Waals surface area contributed by atoms with E-state index in [1.807, 2.05) is 6.92 Å². The van der Waals surface area contributed by atoms with Crippen LogP contribution in [-0.4, -0.2) is 27.5 Å². The van der Waals surface area contributed by atoms with E-state index in [-0.39, 0.29) is 18.0 Å². The van der Waals surface area contributed by atoms with Crippen LogP contribution in [0.2, 0.25) is 0 Å². The molecule has 0 aliphatic carbocycles. The van der Waals surface area contributed by atoms with Crippen molar-refractivity contribution in [2.24, 2.45) is 0 Å². The number of hydrogen-bond acceptors (Lipinski definition) is 5. The Balaban J connectivity index is 1.56. The Hall–Kier alpha value is -3.07. The molecule has 3 aromatic carbocycles. The molecule has 160 valence electrons. The van der Waals surface area contributed by atoms with Crippen molar-refractivity contribution in [2.45, 2.75) is 17.5 Å². The summed E-state index contributed by atoms with van der Waals surface area (Å²) in [6, 6.07) is 19.1. The van der Waals surface area contributed by atoms with E-state index in [0.29, 0.717) is 16.7 Å². The third kappa shape index (κ3) is 4.10. The predicted molar refractivity (Wildman–Crippen MR) is 113 cm³/mol. The summed E-state index contributed by atoms with van der Waals surface area (Å²) >= 11 is 0. The van der Waals surface area contributed by atoms with Gasteiger partial charge in [0.2, 0.25) is 15.7 Å². The van der Waals surface area contributed by atoms with Gasteiger partial charge in [-0.15, -0.1) is 0 Å². The molecule has 1 atom stereocenters. The van der Waals surface area contributed by atoms with Crippen LogP contribution in [0.1, 0.15) is 27.0 Å². The van der Waals surface area contributed by atoms with Crippen molar-refractivity contribution in [1.29, 1.82) is 0 Å². The lowest BCUT2D eigenvalue weighted by molar-refractivity contribution is -0.00452. The number of cyclic esters (lactones) is 1. The maximum Gasteiger partial charge on any atom is 0.340 e. The highest BCUT2D eigenvalue weighted by Gasteiger charge is 2.46. The van der Waals surface area contributed by atoms with Crippen molar-refractivity contribution in [1.82, 2.24) is 10.0 Å². The summed E-state index contributed by atoms with van der Waals surface area (Å²) in [6.07, 6.45) is 0. The van der Waals surface area contributed by atoms with Gasteiger partial charge in [-0.2, -0.15) is 0 Å². The van der Waals surface area contributed by atoms with Gasteiger partial charge in [0, 0.05) is 24.2 Å². The molecular formula is C23H21FN2O4S. The number of sulfonamides is 1. The normalized spacial score (nSPS) is 17.9. The molecule has 1 aliphatic heterocycles. The topological polar surface area (TPSA) is 84.5 Å². The molecule has 0 radical (unpaired) electrons. The highest BCUT2D eigenvalue weighted by molar-refractivity contribution is 7.89. The van der Waals surface area contributed by atoms with E-state index in [4.69, 9.17) is 4.74 Å². The number of esters is 1. The first-order valence-electron chi connectivity index (χ1n) is 9.72. The van der Waals surface area contributed by atoms with Crippen molar-refractivity contribution in [3.05, 3.63) is 101 Å². The number of hydrogen-bond donors (Lipinski definition) is 2. The Labute approximate surface area is 180 Å². The maximum atomic E-state index is 14.0. The number of benzene rings is 3. The molecule has 0 aromatic heterocycles. The highest BCUT2D eigenvalue weighted by atomic mass is 32.2. The summed E-state index contributed by atoms with van der Waals surface area (Å²) in [6.45, 7) is 2.04. The van der Waals surface area contributed by atoms with Crippen LogP contribution >= 0.6 is 0 Å². The quantitative estimate of drug-likeness (QED) is 0.436. The first-order valence-corrected chi connectivity index (χ1v) is 11.2. The average molecular weight is 440 g/mol. The van der Waals surface area contributed by atoms with Crippen LogP contribution in [-0.2, 0) is 20.5 Å². The second-order valence-corrected chi connectivity index (χ2v) is 9.03. The van der Waals surface area contributed by atoms with Gasteiger partial charge in [-0.1, -0.05) is 48.0 Å². The molecule has 2 N–H and O–H groups in total. The van der Waals surface area contributed by atoms with Crippen LogP contribution in [0.4, 0.5) is 4.39 Å². The summed E-state index contributed by atoms with van der Waals surface area (Å²) in [5, 5.41) is 3.12.